The van der Waals surface area contributed by atoms with Crippen molar-refractivity contribution in [2.24, 2.45) is 11.5 Å². The molecular formula is C85H99N11O19. The number of nitrogens with one attached hydrogen (secondary N) is 9. The summed E-state index contributed by atoms with van der Waals surface area (Å²) < 4.78 is 20.9. The van der Waals surface area contributed by atoms with Crippen LogP contribution in [0.2, 0.25) is 0 Å². The molecule has 8 aromatic carbocycles. The highest BCUT2D eigenvalue weighted by Crippen LogP contribution is 2.47. The van der Waals surface area contributed by atoms with Gasteiger partial charge in [-0.1, -0.05) is 189 Å². The lowest BCUT2D eigenvalue weighted by molar-refractivity contribution is -0.140. The number of aryl methyl sites for hydroxylation is 1. The number of carboxylic acid groups (broad SMARTS) is 2. The second kappa shape index (κ2) is 46.2. The summed E-state index contributed by atoms with van der Waals surface area (Å²) >= 11 is 0. The molecule has 9 amide bonds. The van der Waals surface area contributed by atoms with E-state index in [9.17, 15) is 52.7 Å². The molecule has 8 aromatic rings. The van der Waals surface area contributed by atoms with Crippen molar-refractivity contribution >= 4 is 65.7 Å². The Bertz CT molecular complexity index is 4470. The van der Waals surface area contributed by atoms with Gasteiger partial charge in [0.25, 0.3) is 17.7 Å². The molecule has 0 saturated carbocycles. The van der Waals surface area contributed by atoms with E-state index < -0.39 is 72.1 Å². The molecule has 30 heteroatoms. The molecule has 4 aliphatic rings. The van der Waals surface area contributed by atoms with Gasteiger partial charge in [-0.05, 0) is 129 Å². The average molecular weight is 1580 g/mol. The normalized spacial score (nSPS) is 13.1. The number of nitrogens with two attached hydrogens (primary N) is 2. The van der Waals surface area contributed by atoms with Crippen molar-refractivity contribution in [2.45, 2.75) is 95.8 Å². The molecule has 115 heavy (non-hydrogen) atoms. The Kier molecular flexibility index (Phi) is 35.9. The molecule has 12 rings (SSSR count). The van der Waals surface area contributed by atoms with Gasteiger partial charge in [-0.2, -0.15) is 0 Å². The average Bonchev–Trinajstić information content (AvgIpc) is 1.63. The minimum Gasteiger partial charge on any atom is -0.480 e. The number of alkyl carbamates (subject to hydrolysis) is 3. The topological polar surface area (TPSA) is 455 Å². The van der Waals surface area contributed by atoms with Gasteiger partial charge in [-0.15, -0.1) is 0 Å². The van der Waals surface area contributed by atoms with Crippen LogP contribution in [0.4, 0.5) is 14.4 Å². The summed E-state index contributed by atoms with van der Waals surface area (Å²) in [7, 11) is 1.50. The molecule has 1 saturated heterocycles. The lowest BCUT2D eigenvalue weighted by Gasteiger charge is -2.19. The Morgan fingerprint density at radius 3 is 1.03 bits per heavy atom. The molecule has 0 bridgehead atoms. The van der Waals surface area contributed by atoms with E-state index in [0.717, 1.165) is 97.5 Å². The van der Waals surface area contributed by atoms with Crippen molar-refractivity contribution in [1.29, 1.82) is 0 Å². The van der Waals surface area contributed by atoms with Gasteiger partial charge in [0.1, 0.15) is 44.0 Å². The first kappa shape index (κ1) is 89.3. The zero-order valence-corrected chi connectivity index (χ0v) is 64.7. The molecule has 0 aromatic heterocycles. The van der Waals surface area contributed by atoms with Crippen LogP contribution in [0.15, 0.2) is 194 Å². The van der Waals surface area contributed by atoms with Gasteiger partial charge in [0.05, 0.1) is 6.61 Å². The lowest BCUT2D eigenvalue weighted by atomic mass is 9.98. The van der Waals surface area contributed by atoms with Crippen molar-refractivity contribution < 1.29 is 91.9 Å². The first-order chi connectivity index (χ1) is 55.5. The van der Waals surface area contributed by atoms with Gasteiger partial charge in [0.15, 0.2) is 0 Å². The second-order valence-corrected chi connectivity index (χ2v) is 26.1. The highest BCUT2D eigenvalue weighted by molar-refractivity contribution is 5.98. The van der Waals surface area contributed by atoms with E-state index in [4.69, 9.17) is 44.9 Å². The van der Waals surface area contributed by atoms with Crippen LogP contribution in [0.5, 0.6) is 0 Å². The van der Waals surface area contributed by atoms with E-state index in [1.165, 1.54) is 51.7 Å². The van der Waals surface area contributed by atoms with Gasteiger partial charge >= 0.3 is 30.2 Å². The SMILES string of the molecule is C1CCOC1.CC(=O)NC[C@H](NC(=O)OCC1c2ccccc2-c2ccccc21)C(=O)O.CCONC(=O)[C@H](CNC(C)=O)NC(=O)OCC1c2ccccc2-c2ccccc21.CCc1ccc(-c2ccc(C(=O)N[C@@H](CNC(C)=O)C(=O)NO)cc2)cc1.CN.NC[C@H](NC(=O)OCC1c2ccccc2-c2ccccc21)C(=O)O. The van der Waals surface area contributed by atoms with E-state index >= 15 is 0 Å². The Morgan fingerprint density at radius 2 is 0.739 bits per heavy atom. The molecule has 0 radical (unpaired) electrons. The summed E-state index contributed by atoms with van der Waals surface area (Å²) in [6.45, 7) is 9.69. The Morgan fingerprint density at radius 1 is 0.426 bits per heavy atom. The van der Waals surface area contributed by atoms with Gasteiger partial charge < -0.3 is 77.8 Å². The second-order valence-electron chi connectivity index (χ2n) is 26.1. The molecule has 3 aliphatic carbocycles. The van der Waals surface area contributed by atoms with Gasteiger partial charge in [0.2, 0.25) is 17.7 Å². The Labute approximate surface area is 666 Å². The van der Waals surface area contributed by atoms with Crippen LogP contribution in [-0.2, 0) is 63.8 Å². The number of fused-ring (bicyclic) bond motifs is 9. The van der Waals surface area contributed by atoms with Crippen LogP contribution in [0.1, 0.15) is 115 Å². The number of carboxylic acids is 2. The molecule has 4 atom stereocenters. The minimum absolute atomic E-state index is 0.0655. The van der Waals surface area contributed by atoms with E-state index in [1.807, 2.05) is 158 Å². The summed E-state index contributed by atoms with van der Waals surface area (Å²) in [5, 5.41) is 43.7. The van der Waals surface area contributed by atoms with Crippen molar-refractivity contribution in [2.75, 3.05) is 72.9 Å². The Hall–Kier alpha value is -12.9. The number of rotatable bonds is 26. The Balaban J connectivity index is 0.000000206. The van der Waals surface area contributed by atoms with E-state index in [2.05, 4.69) is 79.6 Å². The summed E-state index contributed by atoms with van der Waals surface area (Å²) in [5.41, 5.74) is 30.4. The van der Waals surface area contributed by atoms with Gasteiger partial charge in [-0.3, -0.25) is 38.8 Å². The predicted molar refractivity (Wildman–Crippen MR) is 429 cm³/mol. The number of hydrogen-bond donors (Lipinski definition) is 14. The number of benzene rings is 8. The van der Waals surface area contributed by atoms with Crippen LogP contribution in [0.25, 0.3) is 44.5 Å². The van der Waals surface area contributed by atoms with Crippen LogP contribution < -0.4 is 59.6 Å². The van der Waals surface area contributed by atoms with Crippen LogP contribution >= 0.6 is 0 Å². The molecule has 16 N–H and O–H groups in total. The monoisotopic (exact) mass is 1580 g/mol. The molecule has 1 fully saturated rings. The van der Waals surface area contributed by atoms with Gasteiger partial charge in [-0.25, -0.2) is 34.9 Å². The molecule has 1 aliphatic heterocycles. The number of aliphatic carboxylic acids is 2. The first-order valence-corrected chi connectivity index (χ1v) is 37.3. The number of carbonyl (C=O) groups excluding carboxylic acids is 9. The molecule has 0 unspecified atom stereocenters. The van der Waals surface area contributed by atoms with Crippen molar-refractivity contribution in [3.63, 3.8) is 0 Å². The zero-order valence-electron chi connectivity index (χ0n) is 64.7. The van der Waals surface area contributed by atoms with Crippen molar-refractivity contribution in [1.82, 2.24) is 48.2 Å². The lowest BCUT2D eigenvalue weighted by Crippen LogP contribution is -2.52. The number of ether oxygens (including phenoxy) is 4. The summed E-state index contributed by atoms with van der Waals surface area (Å²) in [5.74, 6) is -5.64. The maximum Gasteiger partial charge on any atom is 0.407 e. The summed E-state index contributed by atoms with van der Waals surface area (Å²) in [6.07, 6.45) is 1.16. The number of hydroxylamine groups is 2. The van der Waals surface area contributed by atoms with E-state index in [0.29, 0.717) is 5.56 Å². The van der Waals surface area contributed by atoms with Crippen molar-refractivity contribution in [3.8, 4) is 44.5 Å². The fourth-order valence-corrected chi connectivity index (χ4v) is 12.7. The number of amides is 9. The summed E-state index contributed by atoms with van der Waals surface area (Å²) in [4.78, 5) is 133. The van der Waals surface area contributed by atoms with Gasteiger partial charge in [0, 0.05) is 83.5 Å². The zero-order chi connectivity index (χ0) is 83.3. The largest absolute Gasteiger partial charge is 0.480 e. The molecular weight excluding hydrogens is 1480 g/mol. The third-order valence-corrected chi connectivity index (χ3v) is 18.4. The maximum absolute atomic E-state index is 12.4. The summed E-state index contributed by atoms with van der Waals surface area (Å²) in [6, 6.07) is 58.5. The van der Waals surface area contributed by atoms with Crippen LogP contribution in [-0.4, -0.2) is 178 Å². The highest BCUT2D eigenvalue weighted by atomic mass is 16.7. The van der Waals surface area contributed by atoms with Crippen LogP contribution in [0, 0.1) is 0 Å². The third-order valence-electron chi connectivity index (χ3n) is 18.4. The smallest absolute Gasteiger partial charge is 0.407 e. The molecule has 608 valence electrons. The predicted octanol–water partition coefficient (Wildman–Crippen LogP) is 8.18. The number of hydrogen-bond acceptors (Lipinski definition) is 19. The van der Waals surface area contributed by atoms with E-state index in [-0.39, 0.29) is 88.1 Å². The standard InChI is InChI=1S/C22H25N3O5.C20H23N3O4.C20H20N2O5.C18H18N2O4.C4H8O.CH5N/c1-3-30-25-21(27)20(12-23-14(2)26)24-22(28)29-13-19-17-10-6-4-8-15(17)16-9-5-7-11-18(16)19;1-3-14-4-6-15(7-5-14)16-8-10-17(11-9-16)19(25)22-18(20(26)23-27)12-21-13(2)24;1-12(23)21-10-18(19(24)25)22-20(26)27-11-17-15-8-4-2-6-13(15)14-7-3-5-9-16(14)17;19-9-16(17(21)22)20-18(23)24-10-15-13-7-3-1-5-11(13)12-6-2-4-8-14(12)15;1-2-4-5-3-1;1-2/h4-11,19-20H,3,12-13H2,1-2H3,(H,23,26)(H,24,28)(H,25,27);4-11,18,27H,3,12H2,1-2H3,(H,21,24)(H,22,25)(H,23,26);2-9,17-18H,10-11H2,1H3,(H,21,23)(H,22,26)(H,24,25);1-8,15-16H,9-10,19H2,(H,20,23)(H,21,22);1-4H2;2H2,1H3/t20-;2*18-;16-;;/m0000../s1. The third kappa shape index (κ3) is 26.4. The maximum atomic E-state index is 12.4. The van der Waals surface area contributed by atoms with Crippen molar-refractivity contribution in [3.05, 3.63) is 239 Å². The minimum atomic E-state index is -1.26. The number of carbonyl (C=O) groups is 11. The molecule has 30 nitrogen and oxygen atoms in total. The molecule has 1 heterocycles. The van der Waals surface area contributed by atoms with E-state index in [1.54, 1.807) is 19.1 Å². The quantitative estimate of drug-likeness (QED) is 0.0138. The fourth-order valence-electron chi connectivity index (χ4n) is 12.7. The molecule has 0 spiro atoms. The first-order valence-electron chi connectivity index (χ1n) is 37.3. The fraction of sp³-hybridized carbons (Fsp3) is 0.306. The highest BCUT2D eigenvalue weighted by Gasteiger charge is 2.34. The van der Waals surface area contributed by atoms with Crippen LogP contribution in [0.3, 0.4) is 0 Å².